The fourth-order valence-corrected chi connectivity index (χ4v) is 2.77. The van der Waals surface area contributed by atoms with Gasteiger partial charge in [-0.1, -0.05) is 30.3 Å². The second-order valence-corrected chi connectivity index (χ2v) is 5.57. The normalized spacial score (nSPS) is 17.8. The van der Waals surface area contributed by atoms with Gasteiger partial charge in [0.1, 0.15) is 0 Å². The molecule has 2 rings (SSSR count). The van der Waals surface area contributed by atoms with Crippen LogP contribution in [-0.4, -0.2) is 55.0 Å². The van der Waals surface area contributed by atoms with Crippen LogP contribution < -0.4 is 0 Å². The molecule has 0 spiro atoms. The molecule has 1 aromatic carbocycles. The van der Waals surface area contributed by atoms with Crippen LogP contribution in [0.25, 0.3) is 0 Å². The maximum atomic E-state index is 12.8. The average molecular weight is 304 g/mol. The SMILES string of the molecule is CCN1CC(C(=O)N(CCOC)Cc2ccccc2)CC1=O. The van der Waals surface area contributed by atoms with Gasteiger partial charge in [-0.25, -0.2) is 0 Å². The Kier molecular flexibility index (Phi) is 5.95. The molecule has 1 aliphatic rings. The van der Waals surface area contributed by atoms with Gasteiger partial charge in [0.15, 0.2) is 0 Å². The van der Waals surface area contributed by atoms with E-state index in [4.69, 9.17) is 4.74 Å². The number of hydrogen-bond acceptors (Lipinski definition) is 3. The minimum atomic E-state index is -0.229. The molecule has 0 aromatic heterocycles. The lowest BCUT2D eigenvalue weighted by atomic mass is 10.1. The zero-order chi connectivity index (χ0) is 15.9. The summed E-state index contributed by atoms with van der Waals surface area (Å²) in [5.74, 6) is -0.106. The summed E-state index contributed by atoms with van der Waals surface area (Å²) < 4.78 is 5.12. The van der Waals surface area contributed by atoms with Gasteiger partial charge in [0.05, 0.1) is 12.5 Å². The predicted octanol–water partition coefficient (Wildman–Crippen LogP) is 1.53. The zero-order valence-corrected chi connectivity index (χ0v) is 13.3. The van der Waals surface area contributed by atoms with Crippen LogP contribution in [0.15, 0.2) is 30.3 Å². The molecule has 1 aromatic rings. The van der Waals surface area contributed by atoms with Crippen molar-refractivity contribution < 1.29 is 14.3 Å². The Balaban J connectivity index is 2.04. The minimum absolute atomic E-state index is 0.0465. The Morgan fingerprint density at radius 2 is 2.09 bits per heavy atom. The van der Waals surface area contributed by atoms with Gasteiger partial charge in [-0.2, -0.15) is 0 Å². The molecule has 0 N–H and O–H groups in total. The molecule has 0 saturated carbocycles. The lowest BCUT2D eigenvalue weighted by molar-refractivity contribution is -0.137. The summed E-state index contributed by atoms with van der Waals surface area (Å²) in [6, 6.07) is 9.90. The maximum absolute atomic E-state index is 12.8. The van der Waals surface area contributed by atoms with Crippen LogP contribution in [0.4, 0.5) is 0 Å². The second kappa shape index (κ2) is 7.94. The smallest absolute Gasteiger partial charge is 0.228 e. The molecule has 1 heterocycles. The van der Waals surface area contributed by atoms with Gasteiger partial charge in [-0.15, -0.1) is 0 Å². The van der Waals surface area contributed by atoms with E-state index in [1.54, 1.807) is 16.9 Å². The molecule has 0 aliphatic carbocycles. The Morgan fingerprint density at radius 1 is 1.36 bits per heavy atom. The van der Waals surface area contributed by atoms with Gasteiger partial charge in [-0.3, -0.25) is 9.59 Å². The van der Waals surface area contributed by atoms with E-state index >= 15 is 0 Å². The highest BCUT2D eigenvalue weighted by atomic mass is 16.5. The number of likely N-dealkylation sites (tertiary alicyclic amines) is 1. The van der Waals surface area contributed by atoms with E-state index in [1.165, 1.54) is 0 Å². The highest BCUT2D eigenvalue weighted by molar-refractivity contribution is 5.89. The van der Waals surface area contributed by atoms with Crippen molar-refractivity contribution in [3.8, 4) is 0 Å². The average Bonchev–Trinajstić information content (AvgIpc) is 2.92. The highest BCUT2D eigenvalue weighted by Crippen LogP contribution is 2.21. The molecular weight excluding hydrogens is 280 g/mol. The summed E-state index contributed by atoms with van der Waals surface area (Å²) in [5, 5.41) is 0. The van der Waals surface area contributed by atoms with Gasteiger partial charge in [0.2, 0.25) is 11.8 Å². The lowest BCUT2D eigenvalue weighted by Gasteiger charge is -2.25. The van der Waals surface area contributed by atoms with E-state index in [2.05, 4.69) is 0 Å². The molecule has 0 radical (unpaired) electrons. The van der Waals surface area contributed by atoms with Crippen molar-refractivity contribution in [2.45, 2.75) is 19.9 Å². The molecule has 1 fully saturated rings. The van der Waals surface area contributed by atoms with Gasteiger partial charge < -0.3 is 14.5 Å². The fourth-order valence-electron chi connectivity index (χ4n) is 2.77. The first-order valence-corrected chi connectivity index (χ1v) is 7.75. The van der Waals surface area contributed by atoms with E-state index in [0.29, 0.717) is 39.2 Å². The van der Waals surface area contributed by atoms with Gasteiger partial charge in [0, 0.05) is 39.7 Å². The fraction of sp³-hybridized carbons (Fsp3) is 0.529. The molecule has 5 heteroatoms. The zero-order valence-electron chi connectivity index (χ0n) is 13.3. The van der Waals surface area contributed by atoms with Crippen LogP contribution >= 0.6 is 0 Å². The van der Waals surface area contributed by atoms with Crippen molar-refractivity contribution in [3.05, 3.63) is 35.9 Å². The largest absolute Gasteiger partial charge is 0.383 e. The van der Waals surface area contributed by atoms with E-state index in [0.717, 1.165) is 5.56 Å². The predicted molar refractivity (Wildman–Crippen MR) is 84.1 cm³/mol. The summed E-state index contributed by atoms with van der Waals surface area (Å²) in [4.78, 5) is 28.2. The van der Waals surface area contributed by atoms with E-state index in [1.807, 2.05) is 37.3 Å². The topological polar surface area (TPSA) is 49.9 Å². The third kappa shape index (κ3) is 4.07. The Labute approximate surface area is 131 Å². The van der Waals surface area contributed by atoms with Crippen LogP contribution in [0, 0.1) is 5.92 Å². The van der Waals surface area contributed by atoms with Gasteiger partial charge in [-0.05, 0) is 12.5 Å². The number of benzene rings is 1. The third-order valence-electron chi connectivity index (χ3n) is 4.04. The van der Waals surface area contributed by atoms with Gasteiger partial charge in [0.25, 0.3) is 0 Å². The number of carbonyl (C=O) groups is 2. The monoisotopic (exact) mass is 304 g/mol. The first-order valence-electron chi connectivity index (χ1n) is 7.75. The number of ether oxygens (including phenoxy) is 1. The summed E-state index contributed by atoms with van der Waals surface area (Å²) in [6.45, 7) is 4.74. The van der Waals surface area contributed by atoms with E-state index < -0.39 is 0 Å². The standard InChI is InChI=1S/C17H24N2O3/c1-3-18-13-15(11-16(18)20)17(21)19(9-10-22-2)12-14-7-5-4-6-8-14/h4-8,15H,3,9-13H2,1-2H3. The quantitative estimate of drug-likeness (QED) is 0.767. The number of methoxy groups -OCH3 is 1. The van der Waals surface area contributed by atoms with E-state index in [9.17, 15) is 9.59 Å². The maximum Gasteiger partial charge on any atom is 0.228 e. The van der Waals surface area contributed by atoms with Crippen molar-refractivity contribution in [1.82, 2.24) is 9.80 Å². The lowest BCUT2D eigenvalue weighted by Crippen LogP contribution is -2.39. The molecule has 120 valence electrons. The summed E-state index contributed by atoms with van der Waals surface area (Å²) in [5.41, 5.74) is 1.09. The summed E-state index contributed by atoms with van der Waals surface area (Å²) >= 11 is 0. The molecule has 1 saturated heterocycles. The molecule has 1 aliphatic heterocycles. The van der Waals surface area contributed by atoms with Crippen LogP contribution in [0.1, 0.15) is 18.9 Å². The first kappa shape index (κ1) is 16.5. The Morgan fingerprint density at radius 3 is 2.68 bits per heavy atom. The van der Waals surface area contributed by atoms with Crippen molar-refractivity contribution in [3.63, 3.8) is 0 Å². The molecule has 5 nitrogen and oxygen atoms in total. The Bertz CT molecular complexity index is 504. The van der Waals surface area contributed by atoms with Gasteiger partial charge >= 0.3 is 0 Å². The molecule has 0 bridgehead atoms. The third-order valence-corrected chi connectivity index (χ3v) is 4.04. The molecule has 2 amide bonds. The first-order chi connectivity index (χ1) is 10.7. The number of hydrogen-bond donors (Lipinski definition) is 0. The number of carbonyl (C=O) groups excluding carboxylic acids is 2. The molecule has 22 heavy (non-hydrogen) atoms. The molecule has 1 unspecified atom stereocenters. The number of amides is 2. The highest BCUT2D eigenvalue weighted by Gasteiger charge is 2.35. The van der Waals surface area contributed by atoms with Crippen molar-refractivity contribution in [2.24, 2.45) is 5.92 Å². The van der Waals surface area contributed by atoms with Crippen LogP contribution in [0.2, 0.25) is 0 Å². The van der Waals surface area contributed by atoms with Crippen molar-refractivity contribution in [1.29, 1.82) is 0 Å². The van der Waals surface area contributed by atoms with Crippen LogP contribution in [0.3, 0.4) is 0 Å². The molecule has 1 atom stereocenters. The number of nitrogens with zero attached hydrogens (tertiary/aromatic N) is 2. The second-order valence-electron chi connectivity index (χ2n) is 5.57. The summed E-state index contributed by atoms with van der Waals surface area (Å²) in [6.07, 6.45) is 0.324. The molecular formula is C17H24N2O3. The van der Waals surface area contributed by atoms with Crippen molar-refractivity contribution in [2.75, 3.05) is 33.4 Å². The van der Waals surface area contributed by atoms with E-state index in [-0.39, 0.29) is 17.7 Å². The minimum Gasteiger partial charge on any atom is -0.383 e. The Hall–Kier alpha value is -1.88. The van der Waals surface area contributed by atoms with Crippen molar-refractivity contribution >= 4 is 11.8 Å². The number of rotatable bonds is 7. The van der Waals surface area contributed by atoms with Crippen LogP contribution in [0.5, 0.6) is 0 Å². The van der Waals surface area contributed by atoms with Crippen LogP contribution in [-0.2, 0) is 20.9 Å². The summed E-state index contributed by atoms with van der Waals surface area (Å²) in [7, 11) is 1.63.